The van der Waals surface area contributed by atoms with Crippen molar-refractivity contribution < 1.29 is 19.4 Å². The number of aliphatic hydroxyl groups is 1. The number of Topliss-reactive ketones (excluding diaryl/α,β-unsaturated/α-hetero) is 1. The molecule has 2 aromatic rings. The minimum Gasteiger partial charge on any atom is -0.507 e. The van der Waals surface area contributed by atoms with Crippen molar-refractivity contribution in [3.63, 3.8) is 0 Å². The molecule has 1 aliphatic heterocycles. The number of benzene rings is 2. The third-order valence-electron chi connectivity index (χ3n) is 5.19. The lowest BCUT2D eigenvalue weighted by Crippen LogP contribution is -2.30. The maximum absolute atomic E-state index is 12.9. The monoisotopic (exact) mass is 407 g/mol. The molecule has 0 aromatic heterocycles. The second kappa shape index (κ2) is 9.16. The number of likely N-dealkylation sites (tertiary alicyclic amines) is 1. The van der Waals surface area contributed by atoms with Crippen molar-refractivity contribution >= 4 is 17.4 Å². The van der Waals surface area contributed by atoms with Gasteiger partial charge < -0.3 is 14.7 Å². The zero-order valence-electron chi connectivity index (χ0n) is 18.0. The van der Waals surface area contributed by atoms with E-state index >= 15 is 0 Å². The minimum atomic E-state index is -0.642. The minimum absolute atomic E-state index is 0.0487. The molecule has 5 nitrogen and oxygen atoms in total. The summed E-state index contributed by atoms with van der Waals surface area (Å²) in [7, 11) is 0. The second-order valence-corrected chi connectivity index (χ2v) is 7.95. The number of carbonyl (C=O) groups excluding carboxylic acids is 2. The smallest absolute Gasteiger partial charge is 0.295 e. The molecule has 0 radical (unpaired) electrons. The lowest BCUT2D eigenvalue weighted by molar-refractivity contribution is -0.139. The molecule has 5 heteroatoms. The van der Waals surface area contributed by atoms with E-state index in [4.69, 9.17) is 4.74 Å². The summed E-state index contributed by atoms with van der Waals surface area (Å²) >= 11 is 0. The van der Waals surface area contributed by atoms with Gasteiger partial charge in [0, 0.05) is 12.1 Å². The number of hydrogen-bond donors (Lipinski definition) is 1. The zero-order valence-corrected chi connectivity index (χ0v) is 18.0. The number of ketones is 1. The molecule has 158 valence electrons. The predicted molar refractivity (Wildman–Crippen MR) is 117 cm³/mol. The van der Waals surface area contributed by atoms with Crippen molar-refractivity contribution in [1.82, 2.24) is 4.90 Å². The van der Waals surface area contributed by atoms with Gasteiger partial charge >= 0.3 is 0 Å². The highest BCUT2D eigenvalue weighted by molar-refractivity contribution is 6.46. The van der Waals surface area contributed by atoms with Crippen molar-refractivity contribution in [1.29, 1.82) is 0 Å². The Kier molecular flexibility index (Phi) is 6.60. The van der Waals surface area contributed by atoms with Crippen LogP contribution in [0, 0.1) is 6.92 Å². The first-order valence-corrected chi connectivity index (χ1v) is 10.5. The van der Waals surface area contributed by atoms with Gasteiger partial charge in [0.05, 0.1) is 17.7 Å². The van der Waals surface area contributed by atoms with Gasteiger partial charge in [-0.25, -0.2) is 0 Å². The topological polar surface area (TPSA) is 66.8 Å². The number of nitrogens with zero attached hydrogens (tertiary/aromatic N) is 1. The van der Waals surface area contributed by atoms with E-state index in [9.17, 15) is 14.7 Å². The van der Waals surface area contributed by atoms with Crippen LogP contribution in [-0.2, 0) is 9.59 Å². The molecule has 1 N–H and O–H groups in total. The standard InChI is InChI=1S/C25H29NO4/c1-5-6-15-26-22(18-11-13-20(14-12-18)30-16(2)3)21(24(28)25(26)29)23(27)19-9-7-17(4)8-10-19/h7-14,16,22,27H,5-6,15H2,1-4H3/b23-21-. The highest BCUT2D eigenvalue weighted by Crippen LogP contribution is 2.40. The highest BCUT2D eigenvalue weighted by Gasteiger charge is 2.45. The van der Waals surface area contributed by atoms with Crippen LogP contribution in [0.25, 0.3) is 5.76 Å². The van der Waals surface area contributed by atoms with Crippen LogP contribution in [0.4, 0.5) is 0 Å². The molecule has 1 heterocycles. The van der Waals surface area contributed by atoms with Crippen LogP contribution in [-0.4, -0.2) is 34.3 Å². The van der Waals surface area contributed by atoms with Crippen LogP contribution in [0.1, 0.15) is 56.3 Å². The summed E-state index contributed by atoms with van der Waals surface area (Å²) < 4.78 is 5.71. The summed E-state index contributed by atoms with van der Waals surface area (Å²) in [5.41, 5.74) is 2.48. The van der Waals surface area contributed by atoms with Crippen molar-refractivity contribution in [2.24, 2.45) is 0 Å². The maximum Gasteiger partial charge on any atom is 0.295 e. The molecule has 0 spiro atoms. The first kappa shape index (κ1) is 21.6. The fraction of sp³-hybridized carbons (Fsp3) is 0.360. The Balaban J connectivity index is 2.08. The number of aliphatic hydroxyl groups excluding tert-OH is 1. The van der Waals surface area contributed by atoms with Gasteiger partial charge in [-0.3, -0.25) is 9.59 Å². The van der Waals surface area contributed by atoms with E-state index in [0.29, 0.717) is 12.1 Å². The molecule has 1 aliphatic rings. The van der Waals surface area contributed by atoms with Gasteiger partial charge in [0.2, 0.25) is 0 Å². The Morgan fingerprint density at radius 2 is 1.70 bits per heavy atom. The van der Waals surface area contributed by atoms with Crippen molar-refractivity contribution in [2.75, 3.05) is 6.54 Å². The van der Waals surface area contributed by atoms with E-state index in [-0.39, 0.29) is 17.4 Å². The number of unbranched alkanes of at least 4 members (excludes halogenated alkanes) is 1. The summed E-state index contributed by atoms with van der Waals surface area (Å²) in [5, 5.41) is 11.0. The zero-order chi connectivity index (χ0) is 21.8. The Bertz CT molecular complexity index is 942. The molecular weight excluding hydrogens is 378 g/mol. The van der Waals surface area contributed by atoms with E-state index in [1.165, 1.54) is 0 Å². The average Bonchev–Trinajstić information content (AvgIpc) is 2.97. The van der Waals surface area contributed by atoms with Gasteiger partial charge in [-0.2, -0.15) is 0 Å². The van der Waals surface area contributed by atoms with Gasteiger partial charge in [0.1, 0.15) is 11.5 Å². The molecule has 0 aliphatic carbocycles. The third kappa shape index (κ3) is 4.40. The average molecular weight is 408 g/mol. The largest absolute Gasteiger partial charge is 0.507 e. The summed E-state index contributed by atoms with van der Waals surface area (Å²) in [5.74, 6) is -0.626. The first-order valence-electron chi connectivity index (χ1n) is 10.5. The second-order valence-electron chi connectivity index (χ2n) is 7.95. The number of aryl methyl sites for hydroxylation is 1. The van der Waals surface area contributed by atoms with E-state index in [1.807, 2.05) is 64.1 Å². The molecule has 30 heavy (non-hydrogen) atoms. The number of carbonyl (C=O) groups is 2. The van der Waals surface area contributed by atoms with Crippen LogP contribution in [0.5, 0.6) is 5.75 Å². The van der Waals surface area contributed by atoms with E-state index < -0.39 is 17.7 Å². The third-order valence-corrected chi connectivity index (χ3v) is 5.19. The van der Waals surface area contributed by atoms with Gasteiger partial charge in [0.15, 0.2) is 0 Å². The van der Waals surface area contributed by atoms with Gasteiger partial charge in [0.25, 0.3) is 11.7 Å². The van der Waals surface area contributed by atoms with E-state index in [2.05, 4.69) is 0 Å². The Hall–Kier alpha value is -3.08. The van der Waals surface area contributed by atoms with Crippen LogP contribution in [0.3, 0.4) is 0 Å². The van der Waals surface area contributed by atoms with Crippen molar-refractivity contribution in [3.8, 4) is 5.75 Å². The van der Waals surface area contributed by atoms with Crippen molar-refractivity contribution in [3.05, 3.63) is 70.8 Å². The lowest BCUT2D eigenvalue weighted by Gasteiger charge is -2.25. The molecule has 1 atom stereocenters. The molecule has 3 rings (SSSR count). The van der Waals surface area contributed by atoms with E-state index in [1.54, 1.807) is 17.0 Å². The van der Waals surface area contributed by atoms with Crippen LogP contribution in [0.2, 0.25) is 0 Å². The Labute approximate surface area is 178 Å². The molecule has 1 saturated heterocycles. The van der Waals surface area contributed by atoms with Crippen molar-refractivity contribution in [2.45, 2.75) is 52.7 Å². The summed E-state index contributed by atoms with van der Waals surface area (Å²) in [6.45, 7) is 8.36. The molecular formula is C25H29NO4. The Morgan fingerprint density at radius 1 is 1.07 bits per heavy atom. The summed E-state index contributed by atoms with van der Waals surface area (Å²) in [4.78, 5) is 27.3. The SMILES string of the molecule is CCCCN1C(=O)C(=O)/C(=C(\O)c2ccc(C)cc2)C1c1ccc(OC(C)C)cc1. The van der Waals surface area contributed by atoms with Crippen LogP contribution in [0.15, 0.2) is 54.1 Å². The van der Waals surface area contributed by atoms with E-state index in [0.717, 1.165) is 29.7 Å². The molecule has 0 bridgehead atoms. The number of rotatable bonds is 7. The van der Waals surface area contributed by atoms with Crippen LogP contribution >= 0.6 is 0 Å². The van der Waals surface area contributed by atoms with Gasteiger partial charge in [-0.1, -0.05) is 55.3 Å². The first-order chi connectivity index (χ1) is 14.3. The maximum atomic E-state index is 12.9. The Morgan fingerprint density at radius 3 is 2.27 bits per heavy atom. The molecule has 0 saturated carbocycles. The summed E-state index contributed by atoms with van der Waals surface area (Å²) in [6.07, 6.45) is 1.73. The fourth-order valence-corrected chi connectivity index (χ4v) is 3.65. The highest BCUT2D eigenvalue weighted by atomic mass is 16.5. The quantitative estimate of drug-likeness (QED) is 0.398. The predicted octanol–water partition coefficient (Wildman–Crippen LogP) is 5.00. The number of hydrogen-bond acceptors (Lipinski definition) is 4. The number of ether oxygens (including phenoxy) is 1. The van der Waals surface area contributed by atoms with Gasteiger partial charge in [-0.05, 0) is 44.9 Å². The van der Waals surface area contributed by atoms with Gasteiger partial charge in [-0.15, -0.1) is 0 Å². The normalized spacial score (nSPS) is 18.3. The molecule has 1 amide bonds. The number of amides is 1. The molecule has 2 aromatic carbocycles. The molecule has 1 unspecified atom stereocenters. The summed E-state index contributed by atoms with van der Waals surface area (Å²) in [6, 6.07) is 14.0. The van der Waals surface area contributed by atoms with Crippen LogP contribution < -0.4 is 4.74 Å². The molecule has 1 fully saturated rings. The lowest BCUT2D eigenvalue weighted by atomic mass is 9.95. The fourth-order valence-electron chi connectivity index (χ4n) is 3.65.